The Morgan fingerprint density at radius 2 is 1.07 bits per heavy atom. The number of hydrogen-bond donors (Lipinski definition) is 3. The van der Waals surface area contributed by atoms with Crippen LogP contribution in [0.25, 0.3) is 22.3 Å². The smallest absolute Gasteiger partial charge is 0.425 e. The van der Waals surface area contributed by atoms with E-state index < -0.39 is 62.9 Å². The number of nitrogens with zero attached hydrogens (tertiary/aromatic N) is 7. The molecule has 4 aromatic heterocycles. The molecule has 4 heterocycles. The van der Waals surface area contributed by atoms with Crippen LogP contribution < -0.4 is 41.4 Å². The summed E-state index contributed by atoms with van der Waals surface area (Å²) >= 11 is 11.9. The van der Waals surface area contributed by atoms with E-state index in [1.54, 1.807) is 48.5 Å². The maximum atomic E-state index is 13.7. The molecule has 0 spiro atoms. The lowest BCUT2D eigenvalue weighted by molar-refractivity contribution is -0.275. The van der Waals surface area contributed by atoms with E-state index in [9.17, 15) is 64.2 Å². The summed E-state index contributed by atoms with van der Waals surface area (Å²) in [5.74, 6) is -1.26. The van der Waals surface area contributed by atoms with Gasteiger partial charge in [-0.1, -0.05) is 72.4 Å². The minimum Gasteiger partial charge on any atom is -0.425 e. The number of imidazole rings is 2. The molecule has 444 valence electrons. The van der Waals surface area contributed by atoms with E-state index in [4.69, 9.17) is 32.7 Å². The van der Waals surface area contributed by atoms with Gasteiger partial charge in [0.1, 0.15) is 23.0 Å². The average molecular weight is 1230 g/mol. The third-order valence-corrected chi connectivity index (χ3v) is 14.4. The number of aromatic amines is 1. The van der Waals surface area contributed by atoms with E-state index in [0.29, 0.717) is 22.9 Å². The van der Waals surface area contributed by atoms with Gasteiger partial charge in [-0.25, -0.2) is 9.59 Å². The molecule has 10 rings (SSSR count). The summed E-state index contributed by atoms with van der Waals surface area (Å²) in [5, 5.41) is 20.6. The van der Waals surface area contributed by atoms with Gasteiger partial charge in [-0.3, -0.25) is 41.6 Å². The Morgan fingerprint density at radius 3 is 1.52 bits per heavy atom. The van der Waals surface area contributed by atoms with Gasteiger partial charge >= 0.3 is 36.1 Å². The van der Waals surface area contributed by atoms with Gasteiger partial charge in [0.25, 0.3) is 21.2 Å². The Hall–Kier alpha value is -7.63. The Bertz CT molecular complexity index is 3980. The van der Waals surface area contributed by atoms with Crippen molar-refractivity contribution in [3.05, 3.63) is 160 Å². The molecule has 2 aliphatic carbocycles. The Balaban J connectivity index is 0.000000183. The van der Waals surface area contributed by atoms with Crippen molar-refractivity contribution in [3.8, 4) is 35.0 Å². The van der Waals surface area contributed by atoms with Crippen molar-refractivity contribution in [1.29, 1.82) is 0 Å². The molecule has 8 aromatic rings. The zero-order valence-electron chi connectivity index (χ0n) is 44.1. The first kappa shape index (κ1) is 61.4. The van der Waals surface area contributed by atoms with Crippen LogP contribution in [0.4, 0.5) is 26.3 Å². The van der Waals surface area contributed by atoms with E-state index in [1.165, 1.54) is 52.1 Å². The molecule has 0 bridgehead atoms. The van der Waals surface area contributed by atoms with Crippen molar-refractivity contribution in [2.75, 3.05) is 12.9 Å². The molecule has 4 unspecified atom stereocenters. The van der Waals surface area contributed by atoms with Crippen molar-refractivity contribution in [3.63, 3.8) is 0 Å². The van der Waals surface area contributed by atoms with Gasteiger partial charge in [-0.15, -0.1) is 26.3 Å². The number of halogens is 8. The van der Waals surface area contributed by atoms with Crippen LogP contribution in [0.15, 0.2) is 116 Å². The Morgan fingerprint density at radius 1 is 0.627 bits per heavy atom. The van der Waals surface area contributed by atoms with Crippen LogP contribution >= 0.6 is 23.2 Å². The third-order valence-electron chi connectivity index (χ3n) is 13.3. The number of aliphatic hydroxyl groups excluding tert-OH is 2. The fraction of sp³-hybridized carbons (Fsp3) is 0.358. The van der Waals surface area contributed by atoms with E-state index >= 15 is 0 Å². The first-order valence-corrected chi connectivity index (χ1v) is 27.8. The number of hydrogen-bond acceptors (Lipinski definition) is 15. The highest BCUT2D eigenvalue weighted by Crippen LogP contribution is 2.33. The molecule has 2 aliphatic rings. The molecule has 0 aliphatic heterocycles. The number of ether oxygens (including phenoxy) is 4. The van der Waals surface area contributed by atoms with Gasteiger partial charge in [0.15, 0.2) is 22.3 Å². The van der Waals surface area contributed by atoms with Crippen molar-refractivity contribution in [2.45, 2.75) is 83.1 Å². The fourth-order valence-corrected chi connectivity index (χ4v) is 9.96. The van der Waals surface area contributed by atoms with Crippen LogP contribution in [-0.2, 0) is 48.0 Å². The maximum Gasteiger partial charge on any atom is 0.573 e. The van der Waals surface area contributed by atoms with Crippen molar-refractivity contribution >= 4 is 55.6 Å². The zero-order valence-corrected chi connectivity index (χ0v) is 46.4. The SMILES string of the molecule is CS(=O)(=O)OCC1CCCC1O.Cn1c(=O)[nH]c(=O)c2c1nc(Oc1cccc(OC(F)(F)F)c1)n2Cc1ccc(Cl)cc1.Cn1c(=O)n(CC2CCCC2O)c(=O)c2c1nc(Oc1cccc(OC(F)(F)F)c1)n2Cc1ccc(Cl)cc1. The van der Waals surface area contributed by atoms with E-state index in [1.807, 2.05) is 0 Å². The van der Waals surface area contributed by atoms with Crippen LogP contribution in [0, 0.1) is 11.8 Å². The number of rotatable bonds is 15. The van der Waals surface area contributed by atoms with Gasteiger partial charge in [0.05, 0.1) is 38.2 Å². The molecular weight excluding hydrogens is 1170 g/mol. The third kappa shape index (κ3) is 15.9. The van der Waals surface area contributed by atoms with Gasteiger partial charge in [-0.2, -0.15) is 18.4 Å². The Labute approximate surface area is 476 Å². The highest BCUT2D eigenvalue weighted by Gasteiger charge is 2.33. The Kier molecular flexibility index (Phi) is 18.9. The summed E-state index contributed by atoms with van der Waals surface area (Å²) in [6, 6.07) is 23.1. The standard InChI is InChI=1S/C26H24ClF3N4O5.C20H14ClF3N4O4.C7H14O4S/c1-32-22-21(23(36)34(25(32)37)14-16-4-2-7-20(16)35)33(13-15-8-10-17(27)11-9-15)24(31-22)38-18-5-3-6-19(12-18)39-26(28,29)30;1-27-16-15(17(29)26-18(27)30)28(10-11-5-7-12(21)8-6-11)19(25-16)31-13-3-2-4-14(9-13)32-20(22,23)24;1-12(9,10)11-5-6-3-2-4-7(6)8/h3,5-6,8-12,16,20,35H,2,4,7,13-14H2,1H3;2-9H,10H2,1H3,(H,26,29,30);6-8H,2-5H2,1H3. The number of H-pyrrole nitrogens is 1. The molecule has 21 nitrogen and oxygen atoms in total. The highest BCUT2D eigenvalue weighted by molar-refractivity contribution is 7.86. The summed E-state index contributed by atoms with van der Waals surface area (Å²) in [6.07, 6.45) is -5.07. The lowest BCUT2D eigenvalue weighted by Gasteiger charge is -2.16. The monoisotopic (exact) mass is 1220 g/mol. The first-order valence-electron chi connectivity index (χ1n) is 25.3. The second kappa shape index (κ2) is 25.5. The van der Waals surface area contributed by atoms with Crippen LogP contribution in [0.1, 0.15) is 49.7 Å². The van der Waals surface area contributed by atoms with Crippen molar-refractivity contribution in [1.82, 2.24) is 37.8 Å². The molecule has 2 fully saturated rings. The molecular formula is C53H52Cl2F6N8O13S. The average Bonchev–Trinajstić information content (AvgIpc) is 3.93. The van der Waals surface area contributed by atoms with Crippen LogP contribution in [-0.4, -0.2) is 94.2 Å². The van der Waals surface area contributed by atoms with E-state index in [2.05, 4.69) is 28.6 Å². The molecule has 83 heavy (non-hydrogen) atoms. The molecule has 4 aromatic carbocycles. The molecule has 30 heteroatoms. The number of aryl methyl sites for hydroxylation is 2. The van der Waals surface area contributed by atoms with Gasteiger partial charge in [0, 0.05) is 54.7 Å². The molecule has 4 atom stereocenters. The summed E-state index contributed by atoms with van der Waals surface area (Å²) < 4.78 is 127. The number of benzene rings is 4. The quantitative estimate of drug-likeness (QED) is 0.0643. The summed E-state index contributed by atoms with van der Waals surface area (Å²) in [7, 11) is -0.463. The van der Waals surface area contributed by atoms with E-state index in [-0.39, 0.29) is 90.0 Å². The number of nitrogens with one attached hydrogen (secondary N) is 1. The van der Waals surface area contributed by atoms with Crippen LogP contribution in [0.2, 0.25) is 10.0 Å². The fourth-order valence-electron chi connectivity index (χ4n) is 9.29. The second-order valence-electron chi connectivity index (χ2n) is 19.4. The molecule has 0 radical (unpaired) electrons. The van der Waals surface area contributed by atoms with Gasteiger partial charge in [0.2, 0.25) is 0 Å². The van der Waals surface area contributed by atoms with Crippen molar-refractivity contribution in [2.24, 2.45) is 25.9 Å². The lowest BCUT2D eigenvalue weighted by atomic mass is 10.1. The number of fused-ring (bicyclic) bond motifs is 2. The van der Waals surface area contributed by atoms with Gasteiger partial charge in [-0.05, 0) is 85.3 Å². The van der Waals surface area contributed by atoms with Crippen LogP contribution in [0.3, 0.4) is 0 Å². The predicted molar refractivity (Wildman–Crippen MR) is 290 cm³/mol. The highest BCUT2D eigenvalue weighted by atomic mass is 35.5. The van der Waals surface area contributed by atoms with E-state index in [0.717, 1.165) is 76.5 Å². The molecule has 0 amide bonds. The van der Waals surface area contributed by atoms with Crippen molar-refractivity contribution < 1.29 is 68.1 Å². The normalized spacial score (nSPS) is 17.2. The number of aliphatic hydroxyl groups is 2. The first-order chi connectivity index (χ1) is 39.1. The number of aromatic nitrogens is 8. The molecule has 0 saturated heterocycles. The second-order valence-corrected chi connectivity index (χ2v) is 21.9. The number of alkyl halides is 6. The topological polar surface area (TPSA) is 255 Å². The maximum absolute atomic E-state index is 13.7. The lowest BCUT2D eigenvalue weighted by Crippen LogP contribution is -2.42. The summed E-state index contributed by atoms with van der Waals surface area (Å²) in [5.41, 5.74) is -0.904. The summed E-state index contributed by atoms with van der Waals surface area (Å²) in [4.78, 5) is 62.2. The minimum atomic E-state index is -4.89. The van der Waals surface area contributed by atoms with Gasteiger partial charge < -0.3 is 29.2 Å². The molecule has 3 N–H and O–H groups in total. The predicted octanol–water partition coefficient (Wildman–Crippen LogP) is 8.39. The minimum absolute atomic E-state index is 0.000255. The zero-order chi connectivity index (χ0) is 60.1. The largest absolute Gasteiger partial charge is 0.573 e. The van der Waals surface area contributed by atoms with Crippen LogP contribution in [0.5, 0.6) is 35.0 Å². The summed E-state index contributed by atoms with van der Waals surface area (Å²) in [6.45, 7) is 0.367. The molecule has 2 saturated carbocycles.